The third-order valence-electron chi connectivity index (χ3n) is 13.2. The van der Waals surface area contributed by atoms with E-state index in [9.17, 15) is 0 Å². The Morgan fingerprint density at radius 2 is 1.02 bits per heavy atom. The molecule has 0 bridgehead atoms. The average molecular weight is 806 g/mol. The highest BCUT2D eigenvalue weighted by Gasteiger charge is 2.29. The molecule has 12 rings (SSSR count). The van der Waals surface area contributed by atoms with E-state index in [0.717, 1.165) is 22.2 Å². The number of fused-ring (bicyclic) bond motifs is 7. The molecular formula is C61H43NO. The molecule has 0 N–H and O–H groups in total. The molecule has 0 amide bonds. The Morgan fingerprint density at radius 3 is 1.87 bits per heavy atom. The zero-order valence-electron chi connectivity index (χ0n) is 34.9. The van der Waals surface area contributed by atoms with E-state index in [0.29, 0.717) is 0 Å². The predicted octanol–water partition coefficient (Wildman–Crippen LogP) is 16.8. The molecule has 0 spiro atoms. The van der Waals surface area contributed by atoms with E-state index < -0.39 is 0 Å². The molecule has 0 saturated heterocycles. The number of hydrogen-bond acceptors (Lipinski definition) is 2. The maximum Gasteiger partial charge on any atom is 0.136 e. The van der Waals surface area contributed by atoms with Crippen LogP contribution in [-0.2, 0) is 0 Å². The summed E-state index contributed by atoms with van der Waals surface area (Å²) in [7, 11) is 0. The molecule has 2 heteroatoms. The second-order valence-electron chi connectivity index (χ2n) is 16.8. The molecule has 1 heterocycles. The van der Waals surface area contributed by atoms with Gasteiger partial charge in [0.25, 0.3) is 0 Å². The summed E-state index contributed by atoms with van der Waals surface area (Å²) >= 11 is 0. The molecule has 1 aromatic heterocycles. The van der Waals surface area contributed by atoms with Crippen LogP contribution in [0.1, 0.15) is 12.5 Å². The van der Waals surface area contributed by atoms with Gasteiger partial charge in [-0.3, -0.25) is 0 Å². The van der Waals surface area contributed by atoms with Crippen molar-refractivity contribution in [2.75, 3.05) is 4.90 Å². The van der Waals surface area contributed by atoms with Crippen LogP contribution in [0.5, 0.6) is 0 Å². The van der Waals surface area contributed by atoms with E-state index in [1.807, 2.05) is 6.07 Å². The van der Waals surface area contributed by atoms with Crippen molar-refractivity contribution in [2.45, 2.75) is 13.0 Å². The summed E-state index contributed by atoms with van der Waals surface area (Å²) in [5.41, 5.74) is 13.8. The van der Waals surface area contributed by atoms with Crippen LogP contribution in [0.15, 0.2) is 235 Å². The molecule has 2 nitrogen and oxygen atoms in total. The van der Waals surface area contributed by atoms with Gasteiger partial charge >= 0.3 is 0 Å². The summed E-state index contributed by atoms with van der Waals surface area (Å²) < 4.78 is 6.33. The Kier molecular flexibility index (Phi) is 8.90. The zero-order chi connectivity index (χ0) is 41.9. The number of furan rings is 1. The molecule has 0 saturated carbocycles. The van der Waals surface area contributed by atoms with Crippen LogP contribution in [0.25, 0.3) is 93.2 Å². The summed E-state index contributed by atoms with van der Waals surface area (Å²) in [4.78, 5) is 2.57. The molecule has 2 atom stereocenters. The van der Waals surface area contributed by atoms with Gasteiger partial charge in [0, 0.05) is 27.7 Å². The zero-order valence-corrected chi connectivity index (χ0v) is 34.9. The van der Waals surface area contributed by atoms with Gasteiger partial charge in [-0.05, 0) is 108 Å². The first-order valence-corrected chi connectivity index (χ1v) is 22.0. The SMILES string of the molecule is CC1C=C(c2cccc3oc4ccccc4c23)C=CC1N(c1ccc(-c2cccc3c2ccc2ccccc23)cc1)c1ccccc1-c1cccc2cccc(-c3ccccc3)c12. The molecule has 1 aliphatic carbocycles. The fourth-order valence-electron chi connectivity index (χ4n) is 10.2. The van der Waals surface area contributed by atoms with Crippen molar-refractivity contribution >= 4 is 71.2 Å². The van der Waals surface area contributed by atoms with Crippen LogP contribution in [0.3, 0.4) is 0 Å². The van der Waals surface area contributed by atoms with E-state index in [1.54, 1.807) is 0 Å². The second-order valence-corrected chi connectivity index (χ2v) is 16.8. The Morgan fingerprint density at radius 1 is 0.397 bits per heavy atom. The number of rotatable bonds is 7. The van der Waals surface area contributed by atoms with Crippen molar-refractivity contribution in [3.05, 3.63) is 236 Å². The Hall–Kier alpha value is -7.94. The minimum atomic E-state index is 0.0218. The smallest absolute Gasteiger partial charge is 0.136 e. The standard InChI is InChI=1S/C61H43NO/c1-40-39-45(50-25-14-30-59-61(50)55-22-8-10-29-58(55)63-59)34-38-56(40)62(46-35-31-43(32-36-46)48-23-13-26-51-47-20-6-5-17-42(47)33-37-52(48)51)57-28-9-7-21-53(57)54-27-12-19-44-18-11-24-49(60(44)54)41-15-3-2-4-16-41/h2-40,56H,1H3. The maximum atomic E-state index is 6.33. The van der Waals surface area contributed by atoms with Gasteiger partial charge < -0.3 is 9.32 Å². The topological polar surface area (TPSA) is 16.4 Å². The molecule has 1 aliphatic rings. The third-order valence-corrected chi connectivity index (χ3v) is 13.2. The fourth-order valence-corrected chi connectivity index (χ4v) is 10.2. The van der Waals surface area contributed by atoms with Crippen molar-refractivity contribution < 1.29 is 4.42 Å². The largest absolute Gasteiger partial charge is 0.456 e. The lowest BCUT2D eigenvalue weighted by Crippen LogP contribution is -2.35. The highest BCUT2D eigenvalue weighted by atomic mass is 16.3. The number of para-hydroxylation sites is 2. The molecule has 298 valence electrons. The number of benzene rings is 10. The summed E-state index contributed by atoms with van der Waals surface area (Å²) in [6, 6.07) is 77.2. The highest BCUT2D eigenvalue weighted by Crippen LogP contribution is 2.46. The van der Waals surface area contributed by atoms with Crippen molar-refractivity contribution in [1.82, 2.24) is 0 Å². The van der Waals surface area contributed by atoms with Crippen molar-refractivity contribution in [1.29, 1.82) is 0 Å². The monoisotopic (exact) mass is 805 g/mol. The highest BCUT2D eigenvalue weighted by molar-refractivity contribution is 6.13. The molecule has 0 aliphatic heterocycles. The lowest BCUT2D eigenvalue weighted by molar-refractivity contribution is 0.612. The van der Waals surface area contributed by atoms with Crippen LogP contribution in [-0.4, -0.2) is 6.04 Å². The van der Waals surface area contributed by atoms with E-state index in [2.05, 4.69) is 236 Å². The minimum absolute atomic E-state index is 0.0218. The Labute approximate surface area is 367 Å². The summed E-state index contributed by atoms with van der Waals surface area (Å²) in [5, 5.41) is 9.87. The number of anilines is 2. The van der Waals surface area contributed by atoms with Gasteiger partial charge in [-0.25, -0.2) is 0 Å². The fraction of sp³-hybridized carbons (Fsp3) is 0.0492. The van der Waals surface area contributed by atoms with Gasteiger partial charge in [-0.1, -0.05) is 207 Å². The van der Waals surface area contributed by atoms with Crippen molar-refractivity contribution in [3.63, 3.8) is 0 Å². The van der Waals surface area contributed by atoms with Gasteiger partial charge in [-0.2, -0.15) is 0 Å². The van der Waals surface area contributed by atoms with Gasteiger partial charge in [0.05, 0.1) is 6.04 Å². The van der Waals surface area contributed by atoms with Gasteiger partial charge in [-0.15, -0.1) is 0 Å². The molecular weight excluding hydrogens is 763 g/mol. The quantitative estimate of drug-likeness (QED) is 0.149. The minimum Gasteiger partial charge on any atom is -0.456 e. The number of hydrogen-bond donors (Lipinski definition) is 0. The van der Waals surface area contributed by atoms with Crippen molar-refractivity contribution in [2.24, 2.45) is 5.92 Å². The van der Waals surface area contributed by atoms with Crippen LogP contribution < -0.4 is 4.90 Å². The molecule has 10 aromatic carbocycles. The first kappa shape index (κ1) is 36.9. The van der Waals surface area contributed by atoms with Crippen LogP contribution in [0.4, 0.5) is 11.4 Å². The van der Waals surface area contributed by atoms with Gasteiger partial charge in [0.1, 0.15) is 11.2 Å². The summed E-state index contributed by atoms with van der Waals surface area (Å²) in [6.45, 7) is 2.36. The van der Waals surface area contributed by atoms with Crippen molar-refractivity contribution in [3.8, 4) is 33.4 Å². The van der Waals surface area contributed by atoms with E-state index in [4.69, 9.17) is 4.42 Å². The summed E-state index contributed by atoms with van der Waals surface area (Å²) in [5.74, 6) is 0.157. The predicted molar refractivity (Wildman–Crippen MR) is 268 cm³/mol. The first-order chi connectivity index (χ1) is 31.2. The molecule has 2 unspecified atom stereocenters. The van der Waals surface area contributed by atoms with E-state index >= 15 is 0 Å². The number of allylic oxidation sites excluding steroid dienone is 2. The summed E-state index contributed by atoms with van der Waals surface area (Å²) in [6.07, 6.45) is 7.20. The number of nitrogens with zero attached hydrogens (tertiary/aromatic N) is 1. The van der Waals surface area contributed by atoms with Gasteiger partial charge in [0.2, 0.25) is 0 Å². The Balaban J connectivity index is 1.02. The van der Waals surface area contributed by atoms with E-state index in [-0.39, 0.29) is 12.0 Å². The maximum absolute atomic E-state index is 6.33. The van der Waals surface area contributed by atoms with Crippen LogP contribution >= 0.6 is 0 Å². The average Bonchev–Trinajstić information content (AvgIpc) is 3.74. The second kappa shape index (κ2) is 15.2. The normalized spacial score (nSPS) is 15.1. The molecule has 0 radical (unpaired) electrons. The van der Waals surface area contributed by atoms with Crippen LogP contribution in [0.2, 0.25) is 0 Å². The lowest BCUT2D eigenvalue weighted by atomic mass is 9.86. The third kappa shape index (κ3) is 6.25. The molecule has 11 aromatic rings. The Bertz CT molecular complexity index is 3590. The lowest BCUT2D eigenvalue weighted by Gasteiger charge is -2.38. The molecule has 0 fully saturated rings. The molecule has 63 heavy (non-hydrogen) atoms. The van der Waals surface area contributed by atoms with Gasteiger partial charge in [0.15, 0.2) is 0 Å². The first-order valence-electron chi connectivity index (χ1n) is 22.0. The van der Waals surface area contributed by atoms with Crippen LogP contribution in [0, 0.1) is 5.92 Å². The van der Waals surface area contributed by atoms with E-state index in [1.165, 1.54) is 87.9 Å².